The summed E-state index contributed by atoms with van der Waals surface area (Å²) in [4.78, 5) is 17.3. The van der Waals surface area contributed by atoms with Crippen LogP contribution in [0, 0.1) is 0 Å². The SMILES string of the molecule is Cn1cc(-c2cn(C)c(C(C)(C)c3[nH]cc4ccccc34)n2)nc1C(C)(C)c1[nH]cc2ccccc12. The highest BCUT2D eigenvalue weighted by Gasteiger charge is 2.34. The molecule has 0 amide bonds. The van der Waals surface area contributed by atoms with E-state index in [0.717, 1.165) is 23.0 Å². The minimum Gasteiger partial charge on any atom is -0.363 e. The van der Waals surface area contributed by atoms with E-state index >= 15 is 0 Å². The summed E-state index contributed by atoms with van der Waals surface area (Å²) in [6.07, 6.45) is 8.33. The van der Waals surface area contributed by atoms with Gasteiger partial charge in [0.05, 0.1) is 10.8 Å². The molecule has 4 aromatic heterocycles. The zero-order valence-corrected chi connectivity index (χ0v) is 21.7. The second kappa shape index (κ2) is 7.72. The van der Waals surface area contributed by atoms with Crippen LogP contribution in [0.1, 0.15) is 50.7 Å². The number of aromatic amines is 2. The number of hydrogen-bond acceptors (Lipinski definition) is 2. The fraction of sp³-hybridized carbons (Fsp3) is 0.267. The number of nitrogens with zero attached hydrogens (tertiary/aromatic N) is 4. The Balaban J connectivity index is 1.40. The van der Waals surface area contributed by atoms with E-state index in [1.54, 1.807) is 0 Å². The van der Waals surface area contributed by atoms with E-state index in [0.29, 0.717) is 0 Å². The molecule has 6 heteroatoms. The quantitative estimate of drug-likeness (QED) is 0.301. The van der Waals surface area contributed by atoms with Crippen LogP contribution in [0.3, 0.4) is 0 Å². The number of rotatable bonds is 5. The van der Waals surface area contributed by atoms with Gasteiger partial charge in [-0.15, -0.1) is 0 Å². The number of benzene rings is 2. The van der Waals surface area contributed by atoms with Gasteiger partial charge in [-0.05, 0) is 38.5 Å². The highest BCUT2D eigenvalue weighted by molar-refractivity contribution is 5.87. The maximum absolute atomic E-state index is 5.12. The van der Waals surface area contributed by atoms with E-state index in [1.807, 2.05) is 0 Å². The van der Waals surface area contributed by atoms with Crippen LogP contribution < -0.4 is 0 Å². The molecule has 0 unspecified atom stereocenters. The van der Waals surface area contributed by atoms with Gasteiger partial charge in [0.15, 0.2) is 0 Å². The molecule has 0 radical (unpaired) electrons. The third kappa shape index (κ3) is 3.24. The van der Waals surface area contributed by atoms with Crippen LogP contribution in [-0.4, -0.2) is 29.1 Å². The van der Waals surface area contributed by atoms with Gasteiger partial charge in [0.2, 0.25) is 0 Å². The Labute approximate surface area is 211 Å². The molecule has 36 heavy (non-hydrogen) atoms. The third-order valence-electron chi connectivity index (χ3n) is 7.59. The zero-order valence-electron chi connectivity index (χ0n) is 21.7. The molecule has 6 nitrogen and oxygen atoms in total. The van der Waals surface area contributed by atoms with Crippen molar-refractivity contribution in [3.8, 4) is 11.4 Å². The van der Waals surface area contributed by atoms with Crippen LogP contribution in [0.2, 0.25) is 0 Å². The lowest BCUT2D eigenvalue weighted by atomic mass is 9.86. The molecular weight excluding hydrogens is 444 g/mol. The molecule has 6 aromatic rings. The molecule has 0 spiro atoms. The normalized spacial score (nSPS) is 12.7. The molecular formula is C30H32N6. The molecule has 4 heterocycles. The van der Waals surface area contributed by atoms with Gasteiger partial charge in [0.25, 0.3) is 0 Å². The van der Waals surface area contributed by atoms with Gasteiger partial charge < -0.3 is 19.1 Å². The number of fused-ring (bicyclic) bond motifs is 2. The largest absolute Gasteiger partial charge is 0.363 e. The Morgan fingerprint density at radius 1 is 0.611 bits per heavy atom. The van der Waals surface area contributed by atoms with Crippen LogP contribution in [0.5, 0.6) is 0 Å². The Hall–Kier alpha value is -4.06. The molecule has 0 aliphatic heterocycles. The average molecular weight is 477 g/mol. The number of aryl methyl sites for hydroxylation is 2. The summed E-state index contributed by atoms with van der Waals surface area (Å²) >= 11 is 0. The Morgan fingerprint density at radius 2 is 1.00 bits per heavy atom. The smallest absolute Gasteiger partial charge is 0.120 e. The molecule has 0 fully saturated rings. The van der Waals surface area contributed by atoms with Crippen molar-refractivity contribution in [1.82, 2.24) is 29.1 Å². The third-order valence-corrected chi connectivity index (χ3v) is 7.59. The van der Waals surface area contributed by atoms with Gasteiger partial charge in [0.1, 0.15) is 23.0 Å². The van der Waals surface area contributed by atoms with Crippen molar-refractivity contribution in [2.75, 3.05) is 0 Å². The van der Waals surface area contributed by atoms with Crippen LogP contribution in [0.15, 0.2) is 73.3 Å². The first-order valence-corrected chi connectivity index (χ1v) is 12.4. The lowest BCUT2D eigenvalue weighted by molar-refractivity contribution is 0.553. The number of nitrogens with one attached hydrogen (secondary N) is 2. The van der Waals surface area contributed by atoms with Gasteiger partial charge in [-0.2, -0.15) is 0 Å². The Kier molecular flexibility index (Phi) is 4.80. The predicted molar refractivity (Wildman–Crippen MR) is 146 cm³/mol. The van der Waals surface area contributed by atoms with Gasteiger partial charge in [-0.25, -0.2) is 9.97 Å². The summed E-state index contributed by atoms with van der Waals surface area (Å²) in [6.45, 7) is 8.89. The van der Waals surface area contributed by atoms with E-state index in [1.165, 1.54) is 32.9 Å². The summed E-state index contributed by atoms with van der Waals surface area (Å²) in [6, 6.07) is 16.9. The van der Waals surface area contributed by atoms with E-state index in [-0.39, 0.29) is 10.8 Å². The Morgan fingerprint density at radius 3 is 1.42 bits per heavy atom. The summed E-state index contributed by atoms with van der Waals surface area (Å²) in [5.41, 5.74) is 3.47. The molecule has 2 aromatic carbocycles. The first kappa shape index (κ1) is 22.4. The molecule has 182 valence electrons. The van der Waals surface area contributed by atoms with Crippen molar-refractivity contribution >= 4 is 21.5 Å². The van der Waals surface area contributed by atoms with Crippen LogP contribution >= 0.6 is 0 Å². The maximum Gasteiger partial charge on any atom is 0.120 e. The number of H-pyrrole nitrogens is 2. The number of imidazole rings is 2. The molecule has 0 saturated heterocycles. The maximum atomic E-state index is 5.12. The van der Waals surface area contributed by atoms with Gasteiger partial charge in [0, 0.05) is 61.0 Å². The minimum atomic E-state index is -0.309. The van der Waals surface area contributed by atoms with Gasteiger partial charge in [-0.1, -0.05) is 48.5 Å². The first-order valence-electron chi connectivity index (χ1n) is 12.4. The molecule has 0 saturated carbocycles. The summed E-state index contributed by atoms with van der Waals surface area (Å²) in [5, 5.41) is 4.88. The van der Waals surface area contributed by atoms with Crippen molar-refractivity contribution < 1.29 is 0 Å². The standard InChI is InChI=1S/C30H32N6/c1-29(2,25-21-13-9-7-11-19(21)15-31-25)27-33-23(17-35(27)5)24-18-36(6)28(34-24)30(3,4)26-22-14-10-8-12-20(22)16-32-26/h7-18,31-32H,1-6H3. The minimum absolute atomic E-state index is 0.309. The first-order chi connectivity index (χ1) is 17.2. The molecule has 2 N–H and O–H groups in total. The van der Waals surface area contributed by atoms with E-state index in [4.69, 9.17) is 9.97 Å². The fourth-order valence-corrected chi connectivity index (χ4v) is 5.76. The van der Waals surface area contributed by atoms with Gasteiger partial charge in [-0.3, -0.25) is 0 Å². The zero-order chi connectivity index (χ0) is 25.2. The summed E-state index contributed by atoms with van der Waals surface area (Å²) in [7, 11) is 4.13. The summed E-state index contributed by atoms with van der Waals surface area (Å²) < 4.78 is 4.26. The van der Waals surface area contributed by atoms with Crippen LogP contribution in [0.25, 0.3) is 32.9 Å². The van der Waals surface area contributed by atoms with E-state index < -0.39 is 0 Å². The van der Waals surface area contributed by atoms with Crippen molar-refractivity contribution in [1.29, 1.82) is 0 Å². The lowest BCUT2D eigenvalue weighted by Crippen LogP contribution is -2.24. The average Bonchev–Trinajstić information content (AvgIpc) is 3.63. The molecule has 0 bridgehead atoms. The molecule has 0 aliphatic carbocycles. The van der Waals surface area contributed by atoms with Gasteiger partial charge >= 0.3 is 0 Å². The van der Waals surface area contributed by atoms with Crippen molar-refractivity contribution in [2.24, 2.45) is 14.1 Å². The van der Waals surface area contributed by atoms with Crippen LogP contribution in [-0.2, 0) is 24.9 Å². The second-order valence-electron chi connectivity index (χ2n) is 10.9. The molecule has 0 aliphatic rings. The van der Waals surface area contributed by atoms with Crippen molar-refractivity contribution in [2.45, 2.75) is 38.5 Å². The van der Waals surface area contributed by atoms with E-state index in [2.05, 4.69) is 134 Å². The lowest BCUT2D eigenvalue weighted by Gasteiger charge is -2.24. The highest BCUT2D eigenvalue weighted by Crippen LogP contribution is 2.38. The second-order valence-corrected chi connectivity index (χ2v) is 10.9. The highest BCUT2D eigenvalue weighted by atomic mass is 15.1. The van der Waals surface area contributed by atoms with Crippen LogP contribution in [0.4, 0.5) is 0 Å². The summed E-state index contributed by atoms with van der Waals surface area (Å²) in [5.74, 6) is 1.99. The monoisotopic (exact) mass is 476 g/mol. The van der Waals surface area contributed by atoms with Crippen molar-refractivity contribution in [3.63, 3.8) is 0 Å². The number of hydrogen-bond donors (Lipinski definition) is 2. The molecule has 6 rings (SSSR count). The van der Waals surface area contributed by atoms with Crippen molar-refractivity contribution in [3.05, 3.63) is 96.4 Å². The number of aromatic nitrogens is 6. The predicted octanol–water partition coefficient (Wildman–Crippen LogP) is 6.44. The molecule has 0 atom stereocenters. The van der Waals surface area contributed by atoms with E-state index in [9.17, 15) is 0 Å². The fourth-order valence-electron chi connectivity index (χ4n) is 5.76. The topological polar surface area (TPSA) is 67.2 Å². The Bertz CT molecular complexity index is 1590.